The van der Waals surface area contributed by atoms with Gasteiger partial charge in [0.15, 0.2) is 0 Å². The summed E-state index contributed by atoms with van der Waals surface area (Å²) in [4.78, 5) is 24.7. The number of carbonyl (C=O) groups excluding carboxylic acids is 1. The number of piperazine rings is 1. The Kier molecular flexibility index (Phi) is 9.44. The van der Waals surface area contributed by atoms with Gasteiger partial charge in [-0.25, -0.2) is 18.0 Å². The molecule has 2 aromatic carbocycles. The Hall–Kier alpha value is -3.08. The fourth-order valence-electron chi connectivity index (χ4n) is 5.77. The maximum absolute atomic E-state index is 15.8. The first-order valence-corrected chi connectivity index (χ1v) is 14.9. The summed E-state index contributed by atoms with van der Waals surface area (Å²) in [6, 6.07) is 5.07. The molecule has 3 aliphatic rings. The molecule has 2 saturated heterocycles. The minimum Gasteiger partial charge on any atom is -0.463 e. The number of ether oxygens (including phenoxy) is 1. The van der Waals surface area contributed by atoms with Crippen LogP contribution in [0.5, 0.6) is 0 Å². The highest BCUT2D eigenvalue weighted by atomic mass is 35.5. The van der Waals surface area contributed by atoms with Gasteiger partial charge in [-0.15, -0.1) is 0 Å². The van der Waals surface area contributed by atoms with Crippen molar-refractivity contribution < 1.29 is 22.7 Å². The van der Waals surface area contributed by atoms with Gasteiger partial charge >= 0.3 is 5.97 Å². The number of benzene rings is 2. The normalized spacial score (nSPS) is 20.9. The first-order chi connectivity index (χ1) is 20.1. The molecule has 0 saturated carbocycles. The van der Waals surface area contributed by atoms with Crippen molar-refractivity contribution in [2.45, 2.75) is 32.7 Å². The van der Waals surface area contributed by atoms with Crippen molar-refractivity contribution in [3.63, 3.8) is 0 Å². The van der Waals surface area contributed by atoms with Crippen LogP contribution in [0.3, 0.4) is 0 Å². The largest absolute Gasteiger partial charge is 0.463 e. The molecule has 0 spiro atoms. The van der Waals surface area contributed by atoms with Gasteiger partial charge in [0.05, 0.1) is 23.4 Å². The van der Waals surface area contributed by atoms with Gasteiger partial charge in [0.25, 0.3) is 0 Å². The summed E-state index contributed by atoms with van der Waals surface area (Å²) in [5.41, 5.74) is 1.62. The molecule has 1 atom stereocenters. The molecule has 3 heterocycles. The van der Waals surface area contributed by atoms with E-state index in [1.54, 1.807) is 6.92 Å². The minimum atomic E-state index is -1.01. The number of amidine groups is 1. The molecule has 1 N–H and O–H groups in total. The molecule has 0 radical (unpaired) electrons. The van der Waals surface area contributed by atoms with Gasteiger partial charge in [0.1, 0.15) is 29.3 Å². The van der Waals surface area contributed by atoms with Crippen LogP contribution in [0.2, 0.25) is 5.02 Å². The van der Waals surface area contributed by atoms with E-state index in [-0.39, 0.29) is 28.6 Å². The Morgan fingerprint density at radius 1 is 1.05 bits per heavy atom. The van der Waals surface area contributed by atoms with Crippen LogP contribution < -0.4 is 10.2 Å². The number of aliphatic imine (C=N–C) groups is 1. The number of nitrogens with zero attached hydrogens (tertiary/aromatic N) is 4. The molecule has 226 valence electrons. The van der Waals surface area contributed by atoms with E-state index in [1.807, 2.05) is 4.90 Å². The number of carbonyl (C=O) groups is 1. The quantitative estimate of drug-likeness (QED) is 0.442. The summed E-state index contributed by atoms with van der Waals surface area (Å²) in [7, 11) is 2.05. The molecule has 3 aliphatic heterocycles. The minimum absolute atomic E-state index is 0.0792. The van der Waals surface area contributed by atoms with E-state index in [4.69, 9.17) is 21.3 Å². The molecule has 11 heteroatoms. The summed E-state index contributed by atoms with van der Waals surface area (Å²) in [6.45, 7) is 8.86. The van der Waals surface area contributed by atoms with E-state index in [0.29, 0.717) is 42.5 Å². The third-order valence-corrected chi connectivity index (χ3v) is 8.58. The number of rotatable bonds is 7. The fourth-order valence-corrected chi connectivity index (χ4v) is 6.04. The summed E-state index contributed by atoms with van der Waals surface area (Å²) < 4.78 is 50.0. The van der Waals surface area contributed by atoms with Crippen LogP contribution in [0.4, 0.5) is 18.9 Å². The highest BCUT2D eigenvalue weighted by Gasteiger charge is 2.36. The number of hydrogen-bond donors (Lipinski definition) is 1. The van der Waals surface area contributed by atoms with E-state index in [2.05, 4.69) is 29.1 Å². The van der Waals surface area contributed by atoms with Gasteiger partial charge in [-0.05, 0) is 50.9 Å². The molecule has 42 heavy (non-hydrogen) atoms. The topological polar surface area (TPSA) is 60.4 Å². The molecule has 2 fully saturated rings. The molecule has 2 aromatic rings. The monoisotopic (exact) mass is 603 g/mol. The second-order valence-electron chi connectivity index (χ2n) is 11.3. The number of anilines is 1. The maximum atomic E-state index is 15.8. The van der Waals surface area contributed by atoms with Crippen LogP contribution in [-0.4, -0.2) is 81.1 Å². The highest BCUT2D eigenvalue weighted by molar-refractivity contribution is 6.31. The van der Waals surface area contributed by atoms with Crippen LogP contribution in [0.1, 0.15) is 43.9 Å². The van der Waals surface area contributed by atoms with E-state index in [9.17, 15) is 13.6 Å². The van der Waals surface area contributed by atoms with Crippen LogP contribution >= 0.6 is 11.6 Å². The van der Waals surface area contributed by atoms with Gasteiger partial charge < -0.3 is 19.9 Å². The summed E-state index contributed by atoms with van der Waals surface area (Å²) in [5.74, 6) is -1.90. The number of halogens is 4. The van der Waals surface area contributed by atoms with Crippen LogP contribution in [-0.2, 0) is 9.53 Å². The zero-order valence-electron chi connectivity index (χ0n) is 24.2. The Morgan fingerprint density at radius 2 is 1.76 bits per heavy atom. The van der Waals surface area contributed by atoms with Gasteiger partial charge in [0, 0.05) is 68.2 Å². The molecule has 0 amide bonds. The predicted molar refractivity (Wildman–Crippen MR) is 158 cm³/mol. The van der Waals surface area contributed by atoms with Crippen LogP contribution in [0.25, 0.3) is 0 Å². The van der Waals surface area contributed by atoms with Crippen molar-refractivity contribution in [1.29, 1.82) is 0 Å². The lowest BCUT2D eigenvalue weighted by molar-refractivity contribution is -0.139. The van der Waals surface area contributed by atoms with Gasteiger partial charge in [-0.3, -0.25) is 9.89 Å². The Labute approximate surface area is 250 Å². The first kappa shape index (κ1) is 30.4. The number of esters is 1. The lowest BCUT2D eigenvalue weighted by atomic mass is 9.93. The third kappa shape index (κ3) is 6.61. The number of likely N-dealkylation sites (N-methyl/N-ethyl adjacent to an activating group) is 1. The Morgan fingerprint density at radius 3 is 2.43 bits per heavy atom. The molecule has 1 unspecified atom stereocenters. The standard InChI is InChI=1S/C31H37ClF3N5O2/c1-4-42-31(41)28-25(18-39-13-11-38(3)12-14-39)36-30(37-29(28)22-6-5-20(33)15-23(22)32)27-24(35)16-21(34)17-26(27)40-9-7-19(2)8-10-40/h5-6,15-17,19,29H,4,7-14,18H2,1-3H3,(H,36,37). The molecular formula is C31H37ClF3N5O2. The molecule has 0 aliphatic carbocycles. The van der Waals surface area contributed by atoms with E-state index in [0.717, 1.165) is 51.2 Å². The number of nitrogens with one attached hydrogen (secondary N) is 1. The molecule has 5 rings (SSSR count). The second-order valence-corrected chi connectivity index (χ2v) is 11.7. The van der Waals surface area contributed by atoms with Gasteiger partial charge in [0.2, 0.25) is 0 Å². The summed E-state index contributed by atoms with van der Waals surface area (Å²) in [5, 5.41) is 3.34. The average molecular weight is 604 g/mol. The Balaban J connectivity index is 1.66. The van der Waals surface area contributed by atoms with Gasteiger partial charge in [-0.2, -0.15) is 0 Å². The van der Waals surface area contributed by atoms with Crippen molar-refractivity contribution in [3.05, 3.63) is 75.2 Å². The summed E-state index contributed by atoms with van der Waals surface area (Å²) >= 11 is 6.53. The third-order valence-electron chi connectivity index (χ3n) is 8.25. The zero-order chi connectivity index (χ0) is 30.0. The van der Waals surface area contributed by atoms with Crippen molar-refractivity contribution in [3.8, 4) is 0 Å². The zero-order valence-corrected chi connectivity index (χ0v) is 25.0. The predicted octanol–water partition coefficient (Wildman–Crippen LogP) is 5.15. The maximum Gasteiger partial charge on any atom is 0.338 e. The van der Waals surface area contributed by atoms with Crippen molar-refractivity contribution in [2.24, 2.45) is 10.9 Å². The fraction of sp³-hybridized carbons (Fsp3) is 0.484. The highest BCUT2D eigenvalue weighted by Crippen LogP contribution is 2.38. The SMILES string of the molecule is CCOC(=O)C1=C(CN2CCN(C)CC2)NC(c2c(F)cc(F)cc2N2CCC(C)CC2)=NC1c1ccc(F)cc1Cl. The molecule has 0 bridgehead atoms. The van der Waals surface area contributed by atoms with E-state index < -0.39 is 29.5 Å². The lowest BCUT2D eigenvalue weighted by Crippen LogP contribution is -2.48. The average Bonchev–Trinajstić information content (AvgIpc) is 2.94. The molecular weight excluding hydrogens is 567 g/mol. The van der Waals surface area contributed by atoms with Crippen molar-refractivity contribution in [2.75, 3.05) is 64.4 Å². The summed E-state index contributed by atoms with van der Waals surface area (Å²) in [6.07, 6.45) is 1.79. The van der Waals surface area contributed by atoms with Crippen molar-refractivity contribution >= 4 is 29.1 Å². The smallest absolute Gasteiger partial charge is 0.338 e. The second kappa shape index (κ2) is 13.1. The van der Waals surface area contributed by atoms with Crippen LogP contribution in [0.15, 0.2) is 46.6 Å². The number of piperidine rings is 1. The number of hydrogen-bond acceptors (Lipinski definition) is 7. The van der Waals surface area contributed by atoms with E-state index in [1.165, 1.54) is 18.2 Å². The van der Waals surface area contributed by atoms with Gasteiger partial charge in [-0.1, -0.05) is 24.6 Å². The molecule has 7 nitrogen and oxygen atoms in total. The molecule has 0 aromatic heterocycles. The lowest BCUT2D eigenvalue weighted by Gasteiger charge is -2.37. The first-order valence-electron chi connectivity index (χ1n) is 14.5. The Bertz CT molecular complexity index is 1380. The van der Waals surface area contributed by atoms with Crippen LogP contribution in [0, 0.1) is 23.4 Å². The van der Waals surface area contributed by atoms with Crippen molar-refractivity contribution in [1.82, 2.24) is 15.1 Å². The van der Waals surface area contributed by atoms with E-state index >= 15 is 4.39 Å².